The van der Waals surface area contributed by atoms with Crippen molar-refractivity contribution in [3.63, 3.8) is 0 Å². The Hall–Kier alpha value is -0.570. The van der Waals surface area contributed by atoms with Gasteiger partial charge in [0.25, 0.3) is 0 Å². The number of aliphatic hydroxyl groups is 1. The van der Waals surface area contributed by atoms with Gasteiger partial charge >= 0.3 is 0 Å². The summed E-state index contributed by atoms with van der Waals surface area (Å²) in [6.07, 6.45) is 3.16. The summed E-state index contributed by atoms with van der Waals surface area (Å²) in [5.74, 6) is 0.277. The Morgan fingerprint density at radius 2 is 2.57 bits per heavy atom. The molecule has 1 aliphatic rings. The van der Waals surface area contributed by atoms with Gasteiger partial charge in [-0.25, -0.2) is 0 Å². The Balaban J connectivity index is 2.58. The van der Waals surface area contributed by atoms with E-state index >= 15 is 0 Å². The van der Waals surface area contributed by atoms with Crippen LogP contribution in [0.25, 0.3) is 0 Å². The molecule has 0 atom stereocenters. The predicted octanol–water partition coefficient (Wildman–Crippen LogP) is 1.15. The lowest BCUT2D eigenvalue weighted by Crippen LogP contribution is -1.94. The predicted molar refractivity (Wildman–Crippen MR) is 30.6 cm³/mol. The van der Waals surface area contributed by atoms with Gasteiger partial charge in [-0.3, -0.25) is 0 Å². The summed E-state index contributed by atoms with van der Waals surface area (Å²) in [5, 5.41) is 10.4. The normalized spacial score (nSPS) is 18.0. The van der Waals surface area contributed by atoms with Crippen molar-refractivity contribution in [1.29, 1.82) is 0 Å². The minimum Gasteiger partial charge on any atom is -0.506 e. The highest BCUT2D eigenvalue weighted by Gasteiger charge is 1.87. The zero-order valence-electron chi connectivity index (χ0n) is 3.59. The van der Waals surface area contributed by atoms with Crippen molar-refractivity contribution >= 4 is 11.9 Å². The Morgan fingerprint density at radius 3 is 2.86 bits per heavy atom. The first kappa shape index (κ1) is 4.59. The van der Waals surface area contributed by atoms with E-state index in [1.165, 1.54) is 18.1 Å². The summed E-state index contributed by atoms with van der Waals surface area (Å²) < 4.78 is 2.75. The molecule has 38 valence electrons. The van der Waals surface area contributed by atoms with Crippen molar-refractivity contribution in [3.8, 4) is 0 Å². The highest BCUT2D eigenvalue weighted by Crippen LogP contribution is 2.04. The average Bonchev–Trinajstić information content (AvgIpc) is 1.69. The molecule has 0 spiro atoms. The average molecular weight is 115 g/mol. The molecule has 1 heterocycles. The van der Waals surface area contributed by atoms with E-state index in [-0.39, 0.29) is 5.76 Å². The van der Waals surface area contributed by atoms with Gasteiger partial charge in [0.2, 0.25) is 0 Å². The molecule has 3 heteroatoms. The Kier molecular flexibility index (Phi) is 1.26. The topological polar surface area (TPSA) is 32.3 Å². The van der Waals surface area contributed by atoms with Gasteiger partial charge in [-0.2, -0.15) is 0 Å². The third-order valence-electron chi connectivity index (χ3n) is 0.582. The summed E-state index contributed by atoms with van der Waals surface area (Å²) in [4.78, 5) is 0. The van der Waals surface area contributed by atoms with Crippen molar-refractivity contribution in [1.82, 2.24) is 4.72 Å². The maximum atomic E-state index is 8.61. The first-order valence-electron chi connectivity index (χ1n) is 1.86. The maximum Gasteiger partial charge on any atom is 0.132 e. The number of hydrogen-bond donors (Lipinski definition) is 2. The molecule has 0 radical (unpaired) electrons. The minimum atomic E-state index is 0.277. The van der Waals surface area contributed by atoms with Crippen LogP contribution in [0.5, 0.6) is 0 Å². The smallest absolute Gasteiger partial charge is 0.132 e. The van der Waals surface area contributed by atoms with E-state index in [9.17, 15) is 0 Å². The molecule has 0 bridgehead atoms. The summed E-state index contributed by atoms with van der Waals surface area (Å²) in [5.41, 5.74) is 0. The lowest BCUT2D eigenvalue weighted by Gasteiger charge is -1.98. The van der Waals surface area contributed by atoms with Crippen molar-refractivity contribution in [2.45, 2.75) is 0 Å². The monoisotopic (exact) mass is 115 g/mol. The SMILES string of the molecule is OC1=CNSC=C1. The van der Waals surface area contributed by atoms with Gasteiger partial charge in [-0.1, -0.05) is 0 Å². The molecule has 0 fully saturated rings. The third kappa shape index (κ3) is 1.16. The van der Waals surface area contributed by atoms with Crippen molar-refractivity contribution in [2.24, 2.45) is 0 Å². The molecule has 2 nitrogen and oxygen atoms in total. The first-order chi connectivity index (χ1) is 3.39. The Morgan fingerprint density at radius 1 is 1.71 bits per heavy atom. The lowest BCUT2D eigenvalue weighted by molar-refractivity contribution is 0.429. The zero-order valence-corrected chi connectivity index (χ0v) is 4.40. The van der Waals surface area contributed by atoms with E-state index in [1.807, 2.05) is 0 Å². The molecule has 0 aromatic heterocycles. The molecule has 1 rings (SSSR count). The number of allylic oxidation sites excluding steroid dienone is 1. The molecule has 0 amide bonds. The first-order valence-corrected chi connectivity index (χ1v) is 2.74. The fourth-order valence-electron chi connectivity index (χ4n) is 0.286. The van der Waals surface area contributed by atoms with E-state index in [2.05, 4.69) is 4.72 Å². The zero-order chi connectivity index (χ0) is 5.11. The van der Waals surface area contributed by atoms with Crippen LogP contribution in [0.2, 0.25) is 0 Å². The fraction of sp³-hybridized carbons (Fsp3) is 0. The summed E-state index contributed by atoms with van der Waals surface area (Å²) >= 11 is 1.43. The minimum absolute atomic E-state index is 0.277. The van der Waals surface area contributed by atoms with Gasteiger partial charge in [0.05, 0.1) is 0 Å². The summed E-state index contributed by atoms with van der Waals surface area (Å²) in [7, 11) is 0. The standard InChI is InChI=1S/C4H5NOS/c6-4-1-2-7-5-3-4/h1-3,5-6H. The third-order valence-corrected chi connectivity index (χ3v) is 1.11. The molecule has 2 N–H and O–H groups in total. The second-order valence-corrected chi connectivity index (χ2v) is 1.85. The number of rotatable bonds is 0. The van der Waals surface area contributed by atoms with E-state index in [0.717, 1.165) is 0 Å². The van der Waals surface area contributed by atoms with Crippen LogP contribution >= 0.6 is 11.9 Å². The van der Waals surface area contributed by atoms with Gasteiger partial charge in [0.1, 0.15) is 5.76 Å². The van der Waals surface area contributed by atoms with E-state index < -0.39 is 0 Å². The highest BCUT2D eigenvalue weighted by molar-refractivity contribution is 8.00. The van der Waals surface area contributed by atoms with Gasteiger partial charge < -0.3 is 9.83 Å². The van der Waals surface area contributed by atoms with Crippen LogP contribution in [0.3, 0.4) is 0 Å². The molecular weight excluding hydrogens is 110 g/mol. The molecule has 0 aromatic carbocycles. The van der Waals surface area contributed by atoms with Gasteiger partial charge in [0.15, 0.2) is 0 Å². The van der Waals surface area contributed by atoms with Crippen LogP contribution in [0.1, 0.15) is 0 Å². The number of aliphatic hydroxyl groups excluding tert-OH is 1. The van der Waals surface area contributed by atoms with Crippen molar-refractivity contribution in [3.05, 3.63) is 23.4 Å². The van der Waals surface area contributed by atoms with Crippen LogP contribution in [0.15, 0.2) is 23.4 Å². The largest absolute Gasteiger partial charge is 0.506 e. The molecule has 1 aliphatic heterocycles. The Labute approximate surface area is 46.1 Å². The molecule has 0 aromatic rings. The van der Waals surface area contributed by atoms with Crippen LogP contribution < -0.4 is 4.72 Å². The molecule has 0 saturated carbocycles. The lowest BCUT2D eigenvalue weighted by atomic mass is 10.5. The quantitative estimate of drug-likeness (QED) is 0.464. The van der Waals surface area contributed by atoms with E-state index in [4.69, 9.17) is 5.11 Å². The van der Waals surface area contributed by atoms with Crippen LogP contribution in [-0.2, 0) is 0 Å². The number of nitrogens with one attached hydrogen (secondary N) is 1. The molecule has 0 aliphatic carbocycles. The molecule has 0 unspecified atom stereocenters. The highest BCUT2D eigenvalue weighted by atomic mass is 32.2. The second kappa shape index (κ2) is 1.93. The van der Waals surface area contributed by atoms with Gasteiger partial charge in [-0.15, -0.1) is 0 Å². The number of hydrogen-bond acceptors (Lipinski definition) is 3. The van der Waals surface area contributed by atoms with E-state index in [1.54, 1.807) is 11.5 Å². The van der Waals surface area contributed by atoms with Gasteiger partial charge in [0, 0.05) is 6.20 Å². The maximum absolute atomic E-state index is 8.61. The fourth-order valence-corrected chi connectivity index (χ4v) is 0.760. The van der Waals surface area contributed by atoms with Crippen LogP contribution in [0, 0.1) is 0 Å². The summed E-state index contributed by atoms with van der Waals surface area (Å²) in [6.45, 7) is 0. The van der Waals surface area contributed by atoms with Gasteiger partial charge in [-0.05, 0) is 23.4 Å². The van der Waals surface area contributed by atoms with Crippen molar-refractivity contribution < 1.29 is 5.11 Å². The molecule has 7 heavy (non-hydrogen) atoms. The summed E-state index contributed by atoms with van der Waals surface area (Å²) in [6, 6.07) is 0. The second-order valence-electron chi connectivity index (χ2n) is 1.11. The van der Waals surface area contributed by atoms with Crippen LogP contribution in [0.4, 0.5) is 0 Å². The van der Waals surface area contributed by atoms with Crippen molar-refractivity contribution in [2.75, 3.05) is 0 Å². The molecular formula is C4H5NOS. The Bertz CT molecular complexity index is 119. The van der Waals surface area contributed by atoms with Crippen LogP contribution in [-0.4, -0.2) is 5.11 Å². The molecule has 0 saturated heterocycles. The van der Waals surface area contributed by atoms with E-state index in [0.29, 0.717) is 0 Å².